The molecule has 0 saturated carbocycles. The van der Waals surface area contributed by atoms with Gasteiger partial charge in [-0.2, -0.15) is 0 Å². The molecule has 2 atom stereocenters. The Labute approximate surface area is 89.3 Å². The third-order valence-electron chi connectivity index (χ3n) is 3.32. The van der Waals surface area contributed by atoms with Crippen LogP contribution in [0.1, 0.15) is 26.7 Å². The van der Waals surface area contributed by atoms with Crippen molar-refractivity contribution in [3.05, 3.63) is 11.3 Å². The van der Waals surface area contributed by atoms with Gasteiger partial charge in [0.15, 0.2) is 0 Å². The second-order valence-corrected chi connectivity index (χ2v) is 4.35. The van der Waals surface area contributed by atoms with E-state index in [9.17, 15) is 9.18 Å². The molecule has 0 aromatic rings. The van der Waals surface area contributed by atoms with Gasteiger partial charge in [-0.3, -0.25) is 9.69 Å². The molecule has 84 valence electrons. The zero-order valence-electron chi connectivity index (χ0n) is 9.22. The number of hydrogen-bond donors (Lipinski definition) is 1. The molecule has 2 aliphatic rings. The van der Waals surface area contributed by atoms with Crippen molar-refractivity contribution in [2.24, 2.45) is 0 Å². The summed E-state index contributed by atoms with van der Waals surface area (Å²) in [6.07, 6.45) is 0.403. The highest BCUT2D eigenvalue weighted by Gasteiger charge is 2.38. The molecule has 0 radical (unpaired) electrons. The first-order valence-electron chi connectivity index (χ1n) is 5.49. The maximum absolute atomic E-state index is 13.2. The summed E-state index contributed by atoms with van der Waals surface area (Å²) < 4.78 is 13.2. The quantitative estimate of drug-likeness (QED) is 0.708. The number of hydrogen-bond acceptors (Lipinski definition) is 2. The summed E-state index contributed by atoms with van der Waals surface area (Å²) in [4.78, 5) is 13.7. The number of fused-ring (bicyclic) bond motifs is 1. The highest BCUT2D eigenvalue weighted by molar-refractivity contribution is 5.84. The molecule has 0 aromatic heterocycles. The minimum absolute atomic E-state index is 0.0453. The Bertz CT molecular complexity index is 314. The zero-order chi connectivity index (χ0) is 11.0. The van der Waals surface area contributed by atoms with Crippen LogP contribution in [0.4, 0.5) is 4.39 Å². The van der Waals surface area contributed by atoms with Gasteiger partial charge in [-0.1, -0.05) is 6.92 Å². The molecule has 1 N–H and O–H groups in total. The van der Waals surface area contributed by atoms with Crippen molar-refractivity contribution in [2.75, 3.05) is 13.1 Å². The number of carbonyl (C=O) groups excluding carboxylic acids is 1. The molecule has 4 heteroatoms. The van der Waals surface area contributed by atoms with Crippen LogP contribution in [0, 0.1) is 0 Å². The Balaban J connectivity index is 2.23. The lowest BCUT2D eigenvalue weighted by molar-refractivity contribution is -0.124. The maximum atomic E-state index is 13.2. The minimum Gasteiger partial charge on any atom is -0.329 e. The van der Waals surface area contributed by atoms with Crippen molar-refractivity contribution < 1.29 is 9.18 Å². The van der Waals surface area contributed by atoms with Gasteiger partial charge in [0.25, 0.3) is 0 Å². The number of allylic oxidation sites excluding steroid dienone is 1. The Morgan fingerprint density at radius 1 is 1.60 bits per heavy atom. The molecule has 2 aliphatic heterocycles. The van der Waals surface area contributed by atoms with Crippen LogP contribution in [0.2, 0.25) is 0 Å². The molecule has 3 nitrogen and oxygen atoms in total. The molecular weight excluding hydrogens is 195 g/mol. The molecule has 0 spiro atoms. The van der Waals surface area contributed by atoms with Crippen LogP contribution in [0.5, 0.6) is 0 Å². The summed E-state index contributed by atoms with van der Waals surface area (Å²) in [5.74, 6) is -0.0453. The van der Waals surface area contributed by atoms with E-state index in [0.29, 0.717) is 13.0 Å². The molecule has 0 aromatic carbocycles. The third-order valence-corrected chi connectivity index (χ3v) is 3.32. The maximum Gasteiger partial charge on any atom is 0.241 e. The Hall–Kier alpha value is -0.900. The summed E-state index contributed by atoms with van der Waals surface area (Å²) in [7, 11) is 0. The van der Waals surface area contributed by atoms with E-state index in [0.717, 1.165) is 18.7 Å². The average molecular weight is 212 g/mol. The van der Waals surface area contributed by atoms with Crippen LogP contribution in [0.25, 0.3) is 0 Å². The van der Waals surface area contributed by atoms with E-state index in [1.54, 1.807) is 0 Å². The monoisotopic (exact) mass is 212 g/mol. The second-order valence-electron chi connectivity index (χ2n) is 4.35. The number of halogens is 1. The van der Waals surface area contributed by atoms with Gasteiger partial charge in [0.1, 0.15) is 6.17 Å². The molecule has 0 aliphatic carbocycles. The van der Waals surface area contributed by atoms with Crippen molar-refractivity contribution >= 4 is 5.91 Å². The molecule has 15 heavy (non-hydrogen) atoms. The number of nitrogens with zero attached hydrogens (tertiary/aromatic N) is 1. The van der Waals surface area contributed by atoms with E-state index in [1.807, 2.05) is 11.8 Å². The van der Waals surface area contributed by atoms with Crippen LogP contribution in [0.3, 0.4) is 0 Å². The van der Waals surface area contributed by atoms with Crippen molar-refractivity contribution in [2.45, 2.75) is 38.9 Å². The van der Waals surface area contributed by atoms with Crippen LogP contribution in [-0.4, -0.2) is 36.1 Å². The van der Waals surface area contributed by atoms with Gasteiger partial charge in [0.05, 0.1) is 6.04 Å². The first kappa shape index (κ1) is 10.6. The highest BCUT2D eigenvalue weighted by Crippen LogP contribution is 2.25. The normalized spacial score (nSPS) is 32.6. The van der Waals surface area contributed by atoms with E-state index in [4.69, 9.17) is 0 Å². The Kier molecular flexibility index (Phi) is 2.78. The van der Waals surface area contributed by atoms with E-state index >= 15 is 0 Å². The predicted molar refractivity (Wildman–Crippen MR) is 56.0 cm³/mol. The van der Waals surface area contributed by atoms with Gasteiger partial charge >= 0.3 is 0 Å². The van der Waals surface area contributed by atoms with Gasteiger partial charge < -0.3 is 5.32 Å². The van der Waals surface area contributed by atoms with Crippen molar-refractivity contribution in [3.63, 3.8) is 0 Å². The van der Waals surface area contributed by atoms with Crippen LogP contribution in [0.15, 0.2) is 11.3 Å². The van der Waals surface area contributed by atoms with Gasteiger partial charge in [-0.15, -0.1) is 0 Å². The fraction of sp³-hybridized carbons (Fsp3) is 0.727. The summed E-state index contributed by atoms with van der Waals surface area (Å²) in [6, 6.07) is -0.265. The number of amides is 1. The molecule has 2 rings (SSSR count). The van der Waals surface area contributed by atoms with Gasteiger partial charge in [0.2, 0.25) is 5.91 Å². The molecule has 1 saturated heterocycles. The number of rotatable bonds is 1. The molecule has 0 bridgehead atoms. The Morgan fingerprint density at radius 3 is 3.00 bits per heavy atom. The summed E-state index contributed by atoms with van der Waals surface area (Å²) >= 11 is 0. The second kappa shape index (κ2) is 3.93. The van der Waals surface area contributed by atoms with Crippen LogP contribution in [-0.2, 0) is 4.79 Å². The molecule has 0 unspecified atom stereocenters. The fourth-order valence-corrected chi connectivity index (χ4v) is 2.39. The molecule has 2 heterocycles. The number of nitrogens with one attached hydrogen (secondary N) is 1. The van der Waals surface area contributed by atoms with E-state index in [2.05, 4.69) is 12.2 Å². The van der Waals surface area contributed by atoms with Crippen LogP contribution < -0.4 is 5.32 Å². The first-order valence-corrected chi connectivity index (χ1v) is 5.49. The largest absolute Gasteiger partial charge is 0.329 e. The summed E-state index contributed by atoms with van der Waals surface area (Å²) in [6.45, 7) is 5.11. The lowest BCUT2D eigenvalue weighted by Crippen LogP contribution is -2.40. The van der Waals surface area contributed by atoms with Crippen LogP contribution >= 0.6 is 0 Å². The van der Waals surface area contributed by atoms with Gasteiger partial charge in [-0.25, -0.2) is 4.39 Å². The van der Waals surface area contributed by atoms with Crippen molar-refractivity contribution in [1.82, 2.24) is 10.2 Å². The van der Waals surface area contributed by atoms with E-state index in [-0.39, 0.29) is 11.9 Å². The molecule has 1 amide bonds. The van der Waals surface area contributed by atoms with E-state index < -0.39 is 6.17 Å². The van der Waals surface area contributed by atoms with Crippen molar-refractivity contribution in [1.29, 1.82) is 0 Å². The lowest BCUT2D eigenvalue weighted by Gasteiger charge is -2.19. The summed E-state index contributed by atoms with van der Waals surface area (Å²) in [5, 5.41) is 2.87. The standard InChI is InChI=1S/C11H17FN2O/c1-3-8-5-14-6-9(12)4-10(14)11(15)13-7(8)2/h9-10H,3-6H2,1-2H3,(H,13,15)/t9-,10-/m0/s1. The van der Waals surface area contributed by atoms with E-state index in [1.165, 1.54) is 5.57 Å². The third kappa shape index (κ3) is 1.91. The Morgan fingerprint density at radius 2 is 2.33 bits per heavy atom. The fourth-order valence-electron chi connectivity index (χ4n) is 2.39. The van der Waals surface area contributed by atoms with Gasteiger partial charge in [0, 0.05) is 25.2 Å². The van der Waals surface area contributed by atoms with Crippen molar-refractivity contribution in [3.8, 4) is 0 Å². The molecular formula is C11H17FN2O. The highest BCUT2D eigenvalue weighted by atomic mass is 19.1. The molecule has 1 fully saturated rings. The SMILES string of the molecule is CCC1=C(C)NC(=O)[C@@H]2C[C@H](F)CN2C1. The number of carbonyl (C=O) groups is 1. The smallest absolute Gasteiger partial charge is 0.241 e. The minimum atomic E-state index is -0.850. The topological polar surface area (TPSA) is 32.3 Å². The summed E-state index contributed by atoms with van der Waals surface area (Å²) in [5.41, 5.74) is 2.16. The first-order chi connectivity index (χ1) is 7.11. The zero-order valence-corrected chi connectivity index (χ0v) is 9.22. The van der Waals surface area contributed by atoms with Gasteiger partial charge in [-0.05, 0) is 18.9 Å². The number of alkyl halides is 1. The average Bonchev–Trinajstić information content (AvgIpc) is 2.50. The lowest BCUT2D eigenvalue weighted by atomic mass is 10.1. The predicted octanol–water partition coefficient (Wildman–Crippen LogP) is 1.21.